The molecule has 4 nitrogen and oxygen atoms in total. The van der Waals surface area contributed by atoms with Gasteiger partial charge in [-0.2, -0.15) is 0 Å². The highest BCUT2D eigenvalue weighted by Gasteiger charge is 2.12. The molecule has 5 heteroatoms. The third-order valence-corrected chi connectivity index (χ3v) is 3.80. The fourth-order valence-electron chi connectivity index (χ4n) is 2.07. The van der Waals surface area contributed by atoms with E-state index in [1.54, 1.807) is 11.3 Å². The highest BCUT2D eigenvalue weighted by atomic mass is 32.1. The zero-order chi connectivity index (χ0) is 12.7. The molecule has 0 radical (unpaired) electrons. The van der Waals surface area contributed by atoms with Crippen LogP contribution >= 0.6 is 11.3 Å². The predicted molar refractivity (Wildman–Crippen MR) is 74.5 cm³/mol. The van der Waals surface area contributed by atoms with Crippen molar-refractivity contribution >= 4 is 22.4 Å². The highest BCUT2D eigenvalue weighted by molar-refractivity contribution is 7.09. The average Bonchev–Trinajstić information content (AvgIpc) is 2.93. The van der Waals surface area contributed by atoms with Gasteiger partial charge in [0.1, 0.15) is 5.69 Å². The monoisotopic (exact) mass is 258 g/mol. The summed E-state index contributed by atoms with van der Waals surface area (Å²) < 4.78 is 2.07. The standard InChI is InChI=1S/C13H14N4S/c1-8-15-11(7-18-8)13-16-10-5-9(6-14)3-4-12(10)17(13)2/h3-5,7H,6,14H2,1-2H3. The van der Waals surface area contributed by atoms with E-state index in [2.05, 4.69) is 20.6 Å². The van der Waals surface area contributed by atoms with E-state index >= 15 is 0 Å². The molecule has 0 unspecified atom stereocenters. The third kappa shape index (κ3) is 1.72. The van der Waals surface area contributed by atoms with Crippen LogP contribution in [0.5, 0.6) is 0 Å². The first kappa shape index (κ1) is 11.4. The second kappa shape index (κ2) is 4.19. The number of aromatic nitrogens is 3. The van der Waals surface area contributed by atoms with Crippen LogP contribution in [0.3, 0.4) is 0 Å². The number of fused-ring (bicyclic) bond motifs is 1. The molecule has 0 spiro atoms. The molecule has 0 saturated heterocycles. The van der Waals surface area contributed by atoms with Gasteiger partial charge in [-0.05, 0) is 24.6 Å². The molecule has 2 N–H and O–H groups in total. The maximum Gasteiger partial charge on any atom is 0.160 e. The maximum absolute atomic E-state index is 5.65. The second-order valence-corrected chi connectivity index (χ2v) is 5.34. The van der Waals surface area contributed by atoms with E-state index in [9.17, 15) is 0 Å². The Morgan fingerprint density at radius 1 is 1.33 bits per heavy atom. The van der Waals surface area contributed by atoms with E-state index in [0.29, 0.717) is 6.54 Å². The van der Waals surface area contributed by atoms with Crippen molar-refractivity contribution in [2.45, 2.75) is 13.5 Å². The Balaban J connectivity index is 2.22. The van der Waals surface area contributed by atoms with Crippen molar-refractivity contribution in [3.8, 4) is 11.5 Å². The summed E-state index contributed by atoms with van der Waals surface area (Å²) in [5.74, 6) is 0.906. The number of nitrogens with two attached hydrogens (primary N) is 1. The highest BCUT2D eigenvalue weighted by Crippen LogP contribution is 2.25. The van der Waals surface area contributed by atoms with Gasteiger partial charge in [0.15, 0.2) is 5.82 Å². The van der Waals surface area contributed by atoms with E-state index < -0.39 is 0 Å². The van der Waals surface area contributed by atoms with E-state index in [-0.39, 0.29) is 0 Å². The molecule has 3 rings (SSSR count). The summed E-state index contributed by atoms with van der Waals surface area (Å²) in [6.07, 6.45) is 0. The summed E-state index contributed by atoms with van der Waals surface area (Å²) in [4.78, 5) is 9.15. The molecule has 0 fully saturated rings. The molecular weight excluding hydrogens is 244 g/mol. The van der Waals surface area contributed by atoms with E-state index in [4.69, 9.17) is 5.73 Å². The molecule has 0 saturated carbocycles. The molecule has 0 bridgehead atoms. The quantitative estimate of drug-likeness (QED) is 0.768. The minimum atomic E-state index is 0.539. The van der Waals surface area contributed by atoms with E-state index in [1.807, 2.05) is 31.5 Å². The van der Waals surface area contributed by atoms with Crippen molar-refractivity contribution in [3.63, 3.8) is 0 Å². The molecule has 1 aromatic carbocycles. The third-order valence-electron chi connectivity index (χ3n) is 3.03. The smallest absolute Gasteiger partial charge is 0.160 e. The van der Waals surface area contributed by atoms with Crippen molar-refractivity contribution in [1.29, 1.82) is 0 Å². The molecule has 0 amide bonds. The van der Waals surface area contributed by atoms with Crippen molar-refractivity contribution in [2.24, 2.45) is 12.8 Å². The van der Waals surface area contributed by atoms with Gasteiger partial charge in [0, 0.05) is 19.0 Å². The summed E-state index contributed by atoms with van der Waals surface area (Å²) in [7, 11) is 2.02. The Morgan fingerprint density at radius 3 is 2.83 bits per heavy atom. The van der Waals surface area contributed by atoms with Crippen molar-refractivity contribution < 1.29 is 0 Å². The van der Waals surface area contributed by atoms with Crippen molar-refractivity contribution in [1.82, 2.24) is 14.5 Å². The molecule has 2 heterocycles. The van der Waals surface area contributed by atoms with Crippen molar-refractivity contribution in [2.75, 3.05) is 0 Å². The average molecular weight is 258 g/mol. The minimum absolute atomic E-state index is 0.539. The van der Waals surface area contributed by atoms with Crippen LogP contribution in [0.15, 0.2) is 23.6 Å². The van der Waals surface area contributed by atoms with E-state index in [1.165, 1.54) is 0 Å². The van der Waals surface area contributed by atoms with Crippen LogP contribution in [0.2, 0.25) is 0 Å². The number of thiazole rings is 1. The molecule has 0 atom stereocenters. The Kier molecular flexibility index (Phi) is 2.65. The van der Waals surface area contributed by atoms with Gasteiger partial charge in [-0.1, -0.05) is 6.07 Å². The normalized spacial score (nSPS) is 11.3. The lowest BCUT2D eigenvalue weighted by Gasteiger charge is -1.99. The molecule has 18 heavy (non-hydrogen) atoms. The molecular formula is C13H14N4S. The zero-order valence-electron chi connectivity index (χ0n) is 10.3. The van der Waals surface area contributed by atoms with Crippen molar-refractivity contribution in [3.05, 3.63) is 34.2 Å². The Bertz CT molecular complexity index is 711. The Morgan fingerprint density at radius 2 is 2.17 bits per heavy atom. The Hall–Kier alpha value is -1.72. The number of nitrogens with zero attached hydrogens (tertiary/aromatic N) is 3. The van der Waals surface area contributed by atoms with Gasteiger partial charge in [0.2, 0.25) is 0 Å². The van der Waals surface area contributed by atoms with Crippen LogP contribution in [0.4, 0.5) is 0 Å². The lowest BCUT2D eigenvalue weighted by atomic mass is 10.2. The number of imidazole rings is 1. The molecule has 3 aromatic rings. The molecule has 92 valence electrons. The van der Waals surface area contributed by atoms with Crippen LogP contribution in [0, 0.1) is 6.92 Å². The van der Waals surface area contributed by atoms with Gasteiger partial charge in [-0.3, -0.25) is 0 Å². The first-order valence-corrected chi connectivity index (χ1v) is 6.65. The summed E-state index contributed by atoms with van der Waals surface area (Å²) in [5.41, 5.74) is 9.77. The van der Waals surface area contributed by atoms with Crippen LogP contribution < -0.4 is 5.73 Å². The van der Waals surface area contributed by atoms with E-state index in [0.717, 1.165) is 33.1 Å². The molecule has 2 aromatic heterocycles. The summed E-state index contributed by atoms with van der Waals surface area (Å²) in [5, 5.41) is 3.10. The van der Waals surface area contributed by atoms with Crippen LogP contribution in [-0.4, -0.2) is 14.5 Å². The largest absolute Gasteiger partial charge is 0.326 e. The molecule has 0 aliphatic carbocycles. The lowest BCUT2D eigenvalue weighted by molar-refractivity contribution is 0.951. The number of aryl methyl sites for hydroxylation is 2. The first-order valence-electron chi connectivity index (χ1n) is 5.77. The molecule has 0 aliphatic heterocycles. The maximum atomic E-state index is 5.65. The predicted octanol–water partition coefficient (Wildman–Crippen LogP) is 2.46. The van der Waals surface area contributed by atoms with Crippen LogP contribution in [-0.2, 0) is 13.6 Å². The summed E-state index contributed by atoms with van der Waals surface area (Å²) >= 11 is 1.64. The Labute approximate surface area is 109 Å². The molecule has 0 aliphatic rings. The lowest BCUT2D eigenvalue weighted by Crippen LogP contribution is -1.95. The second-order valence-electron chi connectivity index (χ2n) is 4.27. The van der Waals surface area contributed by atoms with Gasteiger partial charge in [0.05, 0.1) is 16.0 Å². The topological polar surface area (TPSA) is 56.7 Å². The van der Waals surface area contributed by atoms with Gasteiger partial charge >= 0.3 is 0 Å². The number of rotatable bonds is 2. The number of benzene rings is 1. The van der Waals surface area contributed by atoms with Crippen LogP contribution in [0.1, 0.15) is 10.6 Å². The number of hydrogen-bond acceptors (Lipinski definition) is 4. The van der Waals surface area contributed by atoms with Gasteiger partial charge in [-0.15, -0.1) is 11.3 Å². The summed E-state index contributed by atoms with van der Waals surface area (Å²) in [6, 6.07) is 6.14. The summed E-state index contributed by atoms with van der Waals surface area (Å²) in [6.45, 7) is 2.54. The van der Waals surface area contributed by atoms with Gasteiger partial charge in [0.25, 0.3) is 0 Å². The number of hydrogen-bond donors (Lipinski definition) is 1. The zero-order valence-corrected chi connectivity index (χ0v) is 11.2. The minimum Gasteiger partial charge on any atom is -0.326 e. The van der Waals surface area contributed by atoms with Gasteiger partial charge < -0.3 is 10.3 Å². The fraction of sp³-hybridized carbons (Fsp3) is 0.231. The van der Waals surface area contributed by atoms with Gasteiger partial charge in [-0.25, -0.2) is 9.97 Å². The fourth-order valence-corrected chi connectivity index (χ4v) is 2.66. The van der Waals surface area contributed by atoms with Crippen LogP contribution in [0.25, 0.3) is 22.6 Å². The SMILES string of the molecule is Cc1nc(-c2nc3cc(CN)ccc3n2C)cs1. The first-order chi connectivity index (χ1) is 8.69.